The first-order chi connectivity index (χ1) is 11.6. The molecule has 9 heteroatoms. The molecule has 0 bridgehead atoms. The van der Waals surface area contributed by atoms with E-state index in [4.69, 9.17) is 14.2 Å². The normalized spacial score (nSPS) is 13.6. The van der Waals surface area contributed by atoms with Gasteiger partial charge in [0.1, 0.15) is 11.6 Å². The van der Waals surface area contributed by atoms with Gasteiger partial charge in [-0.3, -0.25) is 9.89 Å². The molecule has 0 radical (unpaired) electrons. The number of aromatic nitrogens is 3. The number of fused-ring (bicyclic) bond motifs is 1. The summed E-state index contributed by atoms with van der Waals surface area (Å²) < 4.78 is 16.2. The molecule has 0 spiro atoms. The molecule has 1 atom stereocenters. The Labute approximate surface area is 143 Å². The van der Waals surface area contributed by atoms with E-state index in [2.05, 4.69) is 20.5 Å². The van der Waals surface area contributed by atoms with Crippen molar-refractivity contribution >= 4 is 17.7 Å². The molecule has 1 aliphatic heterocycles. The largest absolute Gasteiger partial charge is 0.481 e. The number of amides is 1. The summed E-state index contributed by atoms with van der Waals surface area (Å²) in [6, 6.07) is 5.23. The smallest absolute Gasteiger partial charge is 0.260 e. The number of thioether (sulfide) groups is 1. The van der Waals surface area contributed by atoms with E-state index < -0.39 is 6.10 Å². The molecule has 1 amide bonds. The molecule has 128 valence electrons. The van der Waals surface area contributed by atoms with E-state index in [1.807, 2.05) is 6.92 Å². The summed E-state index contributed by atoms with van der Waals surface area (Å²) in [6.07, 6.45) is -0.610. The number of nitrogens with zero attached hydrogens (tertiary/aromatic N) is 2. The second-order valence-corrected chi connectivity index (χ2v) is 6.18. The summed E-state index contributed by atoms with van der Waals surface area (Å²) in [6.45, 7) is 4.25. The summed E-state index contributed by atoms with van der Waals surface area (Å²) in [4.78, 5) is 16.2. The fourth-order valence-corrected chi connectivity index (χ4v) is 2.75. The number of H-pyrrole nitrogens is 1. The number of ether oxygens (including phenoxy) is 3. The Bertz CT molecular complexity index is 721. The number of hydrogen-bond acceptors (Lipinski definition) is 7. The van der Waals surface area contributed by atoms with Crippen LogP contribution in [0, 0.1) is 6.92 Å². The van der Waals surface area contributed by atoms with Crippen molar-refractivity contribution in [1.29, 1.82) is 0 Å². The van der Waals surface area contributed by atoms with Crippen LogP contribution in [0.25, 0.3) is 0 Å². The maximum atomic E-state index is 12.1. The molecule has 0 saturated carbocycles. The van der Waals surface area contributed by atoms with Gasteiger partial charge in [-0.1, -0.05) is 11.8 Å². The van der Waals surface area contributed by atoms with E-state index in [9.17, 15) is 4.79 Å². The number of nitrogens with one attached hydrogen (secondary N) is 2. The molecular weight excluding hydrogens is 332 g/mol. The van der Waals surface area contributed by atoms with E-state index >= 15 is 0 Å². The van der Waals surface area contributed by atoms with Crippen LogP contribution in [-0.2, 0) is 4.79 Å². The van der Waals surface area contributed by atoms with E-state index in [1.54, 1.807) is 25.1 Å². The topological polar surface area (TPSA) is 98.4 Å². The number of aryl methyl sites for hydroxylation is 1. The molecule has 1 aromatic heterocycles. The van der Waals surface area contributed by atoms with Crippen molar-refractivity contribution in [1.82, 2.24) is 20.5 Å². The van der Waals surface area contributed by atoms with E-state index in [0.29, 0.717) is 34.7 Å². The number of carbonyl (C=O) groups is 1. The predicted molar refractivity (Wildman–Crippen MR) is 87.5 cm³/mol. The lowest BCUT2D eigenvalue weighted by molar-refractivity contribution is -0.127. The average Bonchev–Trinajstić information content (AvgIpc) is 3.19. The minimum atomic E-state index is -0.610. The second kappa shape index (κ2) is 7.43. The van der Waals surface area contributed by atoms with Gasteiger partial charge in [-0.2, -0.15) is 0 Å². The lowest BCUT2D eigenvalue weighted by Gasteiger charge is -2.14. The van der Waals surface area contributed by atoms with Gasteiger partial charge in [0.05, 0.1) is 0 Å². The van der Waals surface area contributed by atoms with Crippen molar-refractivity contribution in [3.8, 4) is 17.2 Å². The molecule has 24 heavy (non-hydrogen) atoms. The first-order valence-electron chi connectivity index (χ1n) is 7.47. The van der Waals surface area contributed by atoms with Crippen LogP contribution in [0.3, 0.4) is 0 Å². The van der Waals surface area contributed by atoms with E-state index in [0.717, 1.165) is 5.82 Å². The number of aromatic amines is 1. The molecule has 1 aromatic carbocycles. The molecule has 2 N–H and O–H groups in total. The summed E-state index contributed by atoms with van der Waals surface area (Å²) in [5.41, 5.74) is 0. The standard InChI is InChI=1S/C15H18N4O4S/c1-9(23-11-3-4-12-13(7-11)22-8-21-12)14(20)16-5-6-24-15-17-10(2)18-19-15/h3-4,7,9H,5-6,8H2,1-2H3,(H,16,20)(H,17,18,19)/t9-/m1/s1. The molecule has 0 fully saturated rings. The third-order valence-corrected chi connectivity index (χ3v) is 4.08. The van der Waals surface area contributed by atoms with Gasteiger partial charge in [0.25, 0.3) is 5.91 Å². The van der Waals surface area contributed by atoms with Crippen LogP contribution >= 0.6 is 11.8 Å². The average molecular weight is 350 g/mol. The van der Waals surface area contributed by atoms with Gasteiger partial charge >= 0.3 is 0 Å². The molecule has 2 heterocycles. The summed E-state index contributed by atoms with van der Waals surface area (Å²) in [5, 5.41) is 10.3. The zero-order chi connectivity index (χ0) is 16.9. The highest BCUT2D eigenvalue weighted by molar-refractivity contribution is 7.99. The third-order valence-electron chi connectivity index (χ3n) is 3.24. The Morgan fingerprint density at radius 2 is 2.29 bits per heavy atom. The number of carbonyl (C=O) groups excluding carboxylic acids is 1. The van der Waals surface area contributed by atoms with Gasteiger partial charge in [-0.05, 0) is 26.0 Å². The first kappa shape index (κ1) is 16.4. The van der Waals surface area contributed by atoms with E-state index in [-0.39, 0.29) is 12.7 Å². The van der Waals surface area contributed by atoms with Gasteiger partial charge in [0, 0.05) is 18.4 Å². The highest BCUT2D eigenvalue weighted by Gasteiger charge is 2.18. The van der Waals surface area contributed by atoms with Crippen LogP contribution in [0.5, 0.6) is 17.2 Å². The highest BCUT2D eigenvalue weighted by atomic mass is 32.2. The quantitative estimate of drug-likeness (QED) is 0.577. The van der Waals surface area contributed by atoms with Gasteiger partial charge in [0.2, 0.25) is 11.9 Å². The van der Waals surface area contributed by atoms with Crippen molar-refractivity contribution < 1.29 is 19.0 Å². The maximum Gasteiger partial charge on any atom is 0.260 e. The highest BCUT2D eigenvalue weighted by Crippen LogP contribution is 2.35. The number of rotatable bonds is 7. The Balaban J connectivity index is 1.41. The van der Waals surface area contributed by atoms with Crippen LogP contribution < -0.4 is 19.5 Å². The Morgan fingerprint density at radius 3 is 3.08 bits per heavy atom. The van der Waals surface area contributed by atoms with Crippen molar-refractivity contribution in [2.75, 3.05) is 19.1 Å². The van der Waals surface area contributed by atoms with E-state index in [1.165, 1.54) is 11.8 Å². The molecule has 8 nitrogen and oxygen atoms in total. The summed E-state index contributed by atoms with van der Waals surface area (Å²) >= 11 is 1.47. The van der Waals surface area contributed by atoms with Crippen molar-refractivity contribution in [3.05, 3.63) is 24.0 Å². The Kier molecular flexibility index (Phi) is 5.09. The fourth-order valence-electron chi connectivity index (χ4n) is 2.05. The first-order valence-corrected chi connectivity index (χ1v) is 8.46. The molecule has 0 unspecified atom stereocenters. The van der Waals surface area contributed by atoms with Gasteiger partial charge in [-0.15, -0.1) is 5.10 Å². The van der Waals surface area contributed by atoms with Crippen LogP contribution in [0.2, 0.25) is 0 Å². The minimum Gasteiger partial charge on any atom is -0.481 e. The molecule has 1 aliphatic rings. The van der Waals surface area contributed by atoms with Crippen LogP contribution in [0.15, 0.2) is 23.4 Å². The Morgan fingerprint density at radius 1 is 1.46 bits per heavy atom. The SMILES string of the molecule is Cc1nc(SCCNC(=O)[C@@H](C)Oc2ccc3c(c2)OCO3)n[nH]1. The monoisotopic (exact) mass is 350 g/mol. The lowest BCUT2D eigenvalue weighted by Crippen LogP contribution is -2.37. The molecule has 0 aliphatic carbocycles. The second-order valence-electron chi connectivity index (χ2n) is 5.12. The zero-order valence-electron chi connectivity index (χ0n) is 13.4. The van der Waals surface area contributed by atoms with Crippen molar-refractivity contribution in [2.24, 2.45) is 0 Å². The molecule has 0 saturated heterocycles. The van der Waals surface area contributed by atoms with Crippen molar-refractivity contribution in [3.63, 3.8) is 0 Å². The lowest BCUT2D eigenvalue weighted by atomic mass is 10.3. The Hall–Kier alpha value is -2.42. The number of hydrogen-bond donors (Lipinski definition) is 2. The summed E-state index contributed by atoms with van der Waals surface area (Å²) in [5.74, 6) is 3.14. The van der Waals surface area contributed by atoms with Crippen LogP contribution in [0.1, 0.15) is 12.7 Å². The molecular formula is C15H18N4O4S. The third kappa shape index (κ3) is 4.10. The van der Waals surface area contributed by atoms with Gasteiger partial charge in [0.15, 0.2) is 17.6 Å². The fraction of sp³-hybridized carbons (Fsp3) is 0.400. The van der Waals surface area contributed by atoms with Gasteiger partial charge in [-0.25, -0.2) is 4.98 Å². The molecule has 3 rings (SSSR count). The zero-order valence-corrected chi connectivity index (χ0v) is 14.2. The van der Waals surface area contributed by atoms with Crippen LogP contribution in [0.4, 0.5) is 0 Å². The van der Waals surface area contributed by atoms with Crippen molar-refractivity contribution in [2.45, 2.75) is 25.1 Å². The maximum absolute atomic E-state index is 12.1. The van der Waals surface area contributed by atoms with Gasteiger partial charge < -0.3 is 19.5 Å². The molecule has 2 aromatic rings. The predicted octanol–water partition coefficient (Wildman–Crippen LogP) is 1.52. The minimum absolute atomic E-state index is 0.181. The van der Waals surface area contributed by atoms with Crippen LogP contribution in [-0.4, -0.2) is 46.3 Å². The summed E-state index contributed by atoms with van der Waals surface area (Å²) in [7, 11) is 0. The number of benzene rings is 1.